The predicted octanol–water partition coefficient (Wildman–Crippen LogP) is 1.27. The van der Waals surface area contributed by atoms with Crippen molar-refractivity contribution in [2.45, 2.75) is 19.8 Å². The summed E-state index contributed by atoms with van der Waals surface area (Å²) in [6.07, 6.45) is 4.38. The molecule has 0 aliphatic carbocycles. The van der Waals surface area contributed by atoms with E-state index in [2.05, 4.69) is 15.3 Å². The van der Waals surface area contributed by atoms with Crippen molar-refractivity contribution < 1.29 is 9.90 Å². The van der Waals surface area contributed by atoms with Crippen molar-refractivity contribution in [3.05, 3.63) is 23.2 Å². The monoisotopic (exact) mass is 257 g/mol. The van der Waals surface area contributed by atoms with Gasteiger partial charge in [0.05, 0.1) is 12.4 Å². The number of nitrogens with one attached hydrogen (secondary N) is 1. The number of amides is 1. The van der Waals surface area contributed by atoms with E-state index in [9.17, 15) is 4.79 Å². The summed E-state index contributed by atoms with van der Waals surface area (Å²) < 4.78 is 0. The number of nitrogens with zero attached hydrogens (tertiary/aromatic N) is 2. The molecule has 17 heavy (non-hydrogen) atoms. The highest BCUT2D eigenvalue weighted by molar-refractivity contribution is 6.29. The molecule has 1 aromatic rings. The van der Waals surface area contributed by atoms with Crippen molar-refractivity contribution in [2.24, 2.45) is 5.92 Å². The third-order valence-electron chi connectivity index (χ3n) is 2.32. The minimum Gasteiger partial charge on any atom is -0.396 e. The van der Waals surface area contributed by atoms with Crippen LogP contribution in [0.5, 0.6) is 0 Å². The van der Waals surface area contributed by atoms with E-state index in [0.717, 1.165) is 12.8 Å². The van der Waals surface area contributed by atoms with Crippen molar-refractivity contribution in [3.8, 4) is 0 Å². The lowest BCUT2D eigenvalue weighted by molar-refractivity contribution is 0.0946. The third-order valence-corrected chi connectivity index (χ3v) is 2.52. The molecule has 6 heteroatoms. The van der Waals surface area contributed by atoms with Crippen molar-refractivity contribution in [3.63, 3.8) is 0 Å². The molecule has 1 atom stereocenters. The van der Waals surface area contributed by atoms with Crippen LogP contribution in [0.4, 0.5) is 0 Å². The summed E-state index contributed by atoms with van der Waals surface area (Å²) in [6, 6.07) is 0. The predicted molar refractivity (Wildman–Crippen MR) is 64.9 cm³/mol. The molecule has 1 heterocycles. The van der Waals surface area contributed by atoms with E-state index >= 15 is 0 Å². The first-order valence-corrected chi connectivity index (χ1v) is 5.88. The van der Waals surface area contributed by atoms with Crippen LogP contribution in [0, 0.1) is 5.92 Å². The molecule has 0 saturated carbocycles. The maximum atomic E-state index is 11.6. The zero-order chi connectivity index (χ0) is 12.7. The Balaban J connectivity index is 2.28. The SMILES string of the molecule is CC(CO)CCCNC(=O)c1cnc(Cl)cn1. The first-order valence-electron chi connectivity index (χ1n) is 5.50. The van der Waals surface area contributed by atoms with Gasteiger partial charge < -0.3 is 10.4 Å². The molecule has 0 saturated heterocycles. The standard InChI is InChI=1S/C11H16ClN3O2/c1-8(7-16)3-2-4-13-11(17)9-5-15-10(12)6-14-9/h5-6,8,16H,2-4,7H2,1H3,(H,13,17). The number of aliphatic hydroxyl groups is 1. The van der Waals surface area contributed by atoms with Crippen LogP contribution in [0.3, 0.4) is 0 Å². The molecule has 0 spiro atoms. The van der Waals surface area contributed by atoms with E-state index in [-0.39, 0.29) is 29.3 Å². The Morgan fingerprint density at radius 1 is 1.53 bits per heavy atom. The third kappa shape index (κ3) is 5.10. The lowest BCUT2D eigenvalue weighted by atomic mass is 10.1. The number of carbonyl (C=O) groups is 1. The van der Waals surface area contributed by atoms with Crippen LogP contribution in [0.25, 0.3) is 0 Å². The van der Waals surface area contributed by atoms with Gasteiger partial charge in [-0.25, -0.2) is 9.97 Å². The molecule has 1 rings (SSSR count). The molecule has 1 aromatic heterocycles. The topological polar surface area (TPSA) is 75.1 Å². The van der Waals surface area contributed by atoms with Gasteiger partial charge in [-0.15, -0.1) is 0 Å². The summed E-state index contributed by atoms with van der Waals surface area (Å²) in [7, 11) is 0. The largest absolute Gasteiger partial charge is 0.396 e. The van der Waals surface area contributed by atoms with Crippen LogP contribution >= 0.6 is 11.6 Å². The molecule has 0 aromatic carbocycles. The van der Waals surface area contributed by atoms with Gasteiger partial charge in [0.25, 0.3) is 5.91 Å². The second kappa shape index (κ2) is 7.19. The first-order chi connectivity index (χ1) is 8.13. The Bertz CT molecular complexity index is 356. The van der Waals surface area contributed by atoms with Gasteiger partial charge in [-0.1, -0.05) is 18.5 Å². The van der Waals surface area contributed by atoms with Crippen LogP contribution in [0.2, 0.25) is 5.15 Å². The number of hydrogen-bond acceptors (Lipinski definition) is 4. The summed E-state index contributed by atoms with van der Waals surface area (Å²) in [5.74, 6) is 0.00745. The van der Waals surface area contributed by atoms with E-state index < -0.39 is 0 Å². The maximum Gasteiger partial charge on any atom is 0.271 e. The van der Waals surface area contributed by atoms with Gasteiger partial charge in [0.1, 0.15) is 10.8 Å². The molecule has 2 N–H and O–H groups in total. The molecule has 1 unspecified atom stereocenters. The molecule has 0 radical (unpaired) electrons. The van der Waals surface area contributed by atoms with Crippen molar-refractivity contribution in [1.82, 2.24) is 15.3 Å². The van der Waals surface area contributed by atoms with E-state index in [1.807, 2.05) is 6.92 Å². The van der Waals surface area contributed by atoms with Gasteiger partial charge in [-0.2, -0.15) is 0 Å². The van der Waals surface area contributed by atoms with Crippen molar-refractivity contribution in [2.75, 3.05) is 13.2 Å². The zero-order valence-corrected chi connectivity index (χ0v) is 10.4. The second-order valence-electron chi connectivity index (χ2n) is 3.91. The van der Waals surface area contributed by atoms with Crippen LogP contribution in [-0.4, -0.2) is 34.1 Å². The molecule has 0 fully saturated rings. The van der Waals surface area contributed by atoms with Crippen LogP contribution in [-0.2, 0) is 0 Å². The Labute approximate surface area is 105 Å². The van der Waals surface area contributed by atoms with Gasteiger partial charge >= 0.3 is 0 Å². The fourth-order valence-corrected chi connectivity index (χ4v) is 1.36. The Morgan fingerprint density at radius 3 is 2.88 bits per heavy atom. The fraction of sp³-hybridized carbons (Fsp3) is 0.545. The summed E-state index contributed by atoms with van der Waals surface area (Å²) in [4.78, 5) is 19.2. The van der Waals surface area contributed by atoms with E-state index in [1.165, 1.54) is 12.4 Å². The molecular formula is C11H16ClN3O2. The minimum absolute atomic E-state index is 0.177. The maximum absolute atomic E-state index is 11.6. The molecular weight excluding hydrogens is 242 g/mol. The number of rotatable bonds is 6. The Kier molecular flexibility index (Phi) is 5.86. The van der Waals surface area contributed by atoms with Crippen LogP contribution in [0.1, 0.15) is 30.3 Å². The summed E-state index contributed by atoms with van der Waals surface area (Å²) in [5, 5.41) is 11.8. The average Bonchev–Trinajstić information content (AvgIpc) is 2.34. The fourth-order valence-electron chi connectivity index (χ4n) is 1.26. The molecule has 0 bridgehead atoms. The minimum atomic E-state index is -0.259. The highest BCUT2D eigenvalue weighted by Gasteiger charge is 2.07. The van der Waals surface area contributed by atoms with Gasteiger partial charge in [-0.3, -0.25) is 4.79 Å². The van der Waals surface area contributed by atoms with Crippen molar-refractivity contribution in [1.29, 1.82) is 0 Å². The Morgan fingerprint density at radius 2 is 2.29 bits per heavy atom. The Hall–Kier alpha value is -1.20. The quantitative estimate of drug-likeness (QED) is 0.753. The highest BCUT2D eigenvalue weighted by Crippen LogP contribution is 2.03. The summed E-state index contributed by atoms with van der Waals surface area (Å²) in [5.41, 5.74) is 0.254. The number of aliphatic hydroxyl groups excluding tert-OH is 1. The van der Waals surface area contributed by atoms with E-state index in [4.69, 9.17) is 16.7 Å². The molecule has 0 aliphatic rings. The number of hydrogen-bond donors (Lipinski definition) is 2. The number of halogens is 1. The number of aromatic nitrogens is 2. The smallest absolute Gasteiger partial charge is 0.271 e. The van der Waals surface area contributed by atoms with E-state index in [1.54, 1.807) is 0 Å². The second-order valence-corrected chi connectivity index (χ2v) is 4.30. The van der Waals surface area contributed by atoms with Gasteiger partial charge in [-0.05, 0) is 18.8 Å². The molecule has 94 valence electrons. The number of carbonyl (C=O) groups excluding carboxylic acids is 1. The van der Waals surface area contributed by atoms with Crippen LogP contribution < -0.4 is 5.32 Å². The molecule has 5 nitrogen and oxygen atoms in total. The normalized spacial score (nSPS) is 12.2. The van der Waals surface area contributed by atoms with Gasteiger partial charge in [0, 0.05) is 13.2 Å². The van der Waals surface area contributed by atoms with Crippen molar-refractivity contribution >= 4 is 17.5 Å². The van der Waals surface area contributed by atoms with E-state index in [0.29, 0.717) is 6.54 Å². The highest BCUT2D eigenvalue weighted by atomic mass is 35.5. The summed E-state index contributed by atoms with van der Waals surface area (Å²) in [6.45, 7) is 2.70. The molecule has 1 amide bonds. The molecule has 0 aliphatic heterocycles. The van der Waals surface area contributed by atoms with Crippen LogP contribution in [0.15, 0.2) is 12.4 Å². The summed E-state index contributed by atoms with van der Waals surface area (Å²) >= 11 is 5.56. The lowest BCUT2D eigenvalue weighted by Crippen LogP contribution is -2.25. The van der Waals surface area contributed by atoms with Gasteiger partial charge in [0.15, 0.2) is 0 Å². The van der Waals surface area contributed by atoms with Gasteiger partial charge in [0.2, 0.25) is 0 Å². The average molecular weight is 258 g/mol. The first kappa shape index (κ1) is 13.9. The zero-order valence-electron chi connectivity index (χ0n) is 9.69. The lowest BCUT2D eigenvalue weighted by Gasteiger charge is -2.08.